The average molecular weight is 604 g/mol. The van der Waals surface area contributed by atoms with Crippen molar-refractivity contribution in [3.8, 4) is 5.75 Å². The number of allylic oxidation sites excluding steroid dienone is 2. The molecule has 0 radical (unpaired) electrons. The summed E-state index contributed by atoms with van der Waals surface area (Å²) in [6.07, 6.45) is 2.86. The molecule has 3 fully saturated rings. The van der Waals surface area contributed by atoms with Gasteiger partial charge in [-0.1, -0.05) is 67.1 Å². The number of imide groups is 2. The molecule has 7 rings (SSSR count). The van der Waals surface area contributed by atoms with E-state index < -0.39 is 45.2 Å². The number of phenols is 1. The first-order valence-electron chi connectivity index (χ1n) is 14.1. The van der Waals surface area contributed by atoms with Crippen molar-refractivity contribution in [3.63, 3.8) is 0 Å². The van der Waals surface area contributed by atoms with Gasteiger partial charge in [-0.15, -0.1) is 23.2 Å². The zero-order valence-electron chi connectivity index (χ0n) is 23.0. The number of hydrogen-bond donors (Lipinski definition) is 1. The van der Waals surface area contributed by atoms with E-state index in [1.165, 1.54) is 11.9 Å². The number of nitrogens with zero attached hydrogens (tertiary/aromatic N) is 2. The Morgan fingerprint density at radius 3 is 2.33 bits per heavy atom. The van der Waals surface area contributed by atoms with Gasteiger partial charge in [0, 0.05) is 23.9 Å². The third kappa shape index (κ3) is 3.29. The number of aryl methyl sites for hydroxylation is 1. The SMILES string of the molecule is CCc1ccc(N2C(=O)C3CC=C4C(CC5(Cl)C(=O)N(C)C(=O)C5(Cl)C4c4ccc5ccccc5c4O)C3C2=O)cc1. The quantitative estimate of drug-likeness (QED) is 0.249. The molecule has 6 atom stereocenters. The molecule has 42 heavy (non-hydrogen) atoms. The molecule has 9 heteroatoms. The monoisotopic (exact) mass is 602 g/mol. The number of rotatable bonds is 3. The maximum atomic E-state index is 14.1. The smallest absolute Gasteiger partial charge is 0.253 e. The van der Waals surface area contributed by atoms with Crippen LogP contribution in [-0.4, -0.2) is 50.4 Å². The summed E-state index contributed by atoms with van der Waals surface area (Å²) < 4.78 is 0. The Labute approximate surface area is 252 Å². The van der Waals surface area contributed by atoms with Crippen LogP contribution in [0.15, 0.2) is 72.3 Å². The van der Waals surface area contributed by atoms with Crippen LogP contribution in [0.3, 0.4) is 0 Å². The number of alkyl halides is 2. The Bertz CT molecular complexity index is 1750. The van der Waals surface area contributed by atoms with Crippen LogP contribution in [0.1, 0.15) is 36.8 Å². The molecular weight excluding hydrogens is 575 g/mol. The molecule has 1 N–H and O–H groups in total. The Morgan fingerprint density at radius 2 is 1.62 bits per heavy atom. The van der Waals surface area contributed by atoms with E-state index in [4.69, 9.17) is 23.2 Å². The maximum absolute atomic E-state index is 14.1. The molecule has 2 aliphatic heterocycles. The maximum Gasteiger partial charge on any atom is 0.253 e. The minimum atomic E-state index is -1.95. The lowest BCUT2D eigenvalue weighted by molar-refractivity contribution is -0.138. The van der Waals surface area contributed by atoms with Gasteiger partial charge in [0.1, 0.15) is 5.75 Å². The van der Waals surface area contributed by atoms with Crippen LogP contribution in [0.4, 0.5) is 5.69 Å². The number of anilines is 1. The summed E-state index contributed by atoms with van der Waals surface area (Å²) in [6, 6.07) is 18.2. The largest absolute Gasteiger partial charge is 0.507 e. The van der Waals surface area contributed by atoms with Gasteiger partial charge < -0.3 is 5.11 Å². The van der Waals surface area contributed by atoms with E-state index in [1.54, 1.807) is 30.3 Å². The summed E-state index contributed by atoms with van der Waals surface area (Å²) in [5, 5.41) is 12.9. The fourth-order valence-corrected chi connectivity index (χ4v) is 8.74. The second-order valence-corrected chi connectivity index (χ2v) is 13.0. The van der Waals surface area contributed by atoms with Crippen molar-refractivity contribution < 1.29 is 24.3 Å². The van der Waals surface area contributed by atoms with Crippen LogP contribution in [0, 0.1) is 17.8 Å². The van der Waals surface area contributed by atoms with Crippen molar-refractivity contribution >= 4 is 63.3 Å². The van der Waals surface area contributed by atoms with Crippen LogP contribution in [0.5, 0.6) is 5.75 Å². The van der Waals surface area contributed by atoms with Crippen LogP contribution in [0.2, 0.25) is 0 Å². The fraction of sp³-hybridized carbons (Fsp3) is 0.333. The molecule has 0 aromatic heterocycles. The van der Waals surface area contributed by atoms with Gasteiger partial charge in [-0.25, -0.2) is 0 Å². The topological polar surface area (TPSA) is 95.0 Å². The zero-order chi connectivity index (χ0) is 29.7. The lowest BCUT2D eigenvalue weighted by atomic mass is 9.56. The predicted molar refractivity (Wildman–Crippen MR) is 159 cm³/mol. The summed E-state index contributed by atoms with van der Waals surface area (Å²) in [7, 11) is 1.35. The zero-order valence-corrected chi connectivity index (χ0v) is 24.5. The van der Waals surface area contributed by atoms with Crippen LogP contribution in [-0.2, 0) is 25.6 Å². The molecule has 2 aliphatic carbocycles. The second-order valence-electron chi connectivity index (χ2n) is 11.8. The summed E-state index contributed by atoms with van der Waals surface area (Å²) in [5.41, 5.74) is 2.58. The molecular formula is C33H28Cl2N2O5. The van der Waals surface area contributed by atoms with Gasteiger partial charge in [-0.2, -0.15) is 0 Å². The number of carbonyl (C=O) groups is 4. The standard InChI is InChI=1S/C33H28Cl2N2O5/c1-3-17-8-11-19(12-9-17)37-28(39)22-15-14-21-24(25(22)29(37)40)16-32(34)30(41)36(2)31(42)33(32,35)26(21)23-13-10-18-6-4-5-7-20(18)27(23)38/h4-14,22,24-26,38H,3,15-16H2,1-2H3. The Morgan fingerprint density at radius 1 is 0.905 bits per heavy atom. The van der Waals surface area contributed by atoms with Crippen LogP contribution in [0.25, 0.3) is 10.8 Å². The number of likely N-dealkylation sites (tertiary alicyclic amines) is 1. The first-order valence-corrected chi connectivity index (χ1v) is 14.9. The van der Waals surface area contributed by atoms with Crippen LogP contribution < -0.4 is 4.90 Å². The van der Waals surface area contributed by atoms with E-state index in [0.717, 1.165) is 22.3 Å². The van der Waals surface area contributed by atoms with Crippen molar-refractivity contribution in [2.45, 2.75) is 41.9 Å². The Kier molecular flexibility index (Phi) is 5.92. The van der Waals surface area contributed by atoms with Gasteiger partial charge in [-0.3, -0.25) is 29.0 Å². The van der Waals surface area contributed by atoms with E-state index in [1.807, 2.05) is 43.3 Å². The third-order valence-electron chi connectivity index (χ3n) is 9.86. The first-order chi connectivity index (χ1) is 20.0. The number of carbonyl (C=O) groups excluding carboxylic acids is 4. The van der Waals surface area contributed by atoms with E-state index in [9.17, 15) is 24.3 Å². The average Bonchev–Trinajstić information content (AvgIpc) is 3.33. The summed E-state index contributed by atoms with van der Waals surface area (Å²) in [6.45, 7) is 2.03. The van der Waals surface area contributed by atoms with Gasteiger partial charge in [0.2, 0.25) is 11.8 Å². The van der Waals surface area contributed by atoms with E-state index in [0.29, 0.717) is 22.2 Å². The molecule has 1 saturated carbocycles. The Balaban J connectivity index is 1.40. The Hall–Kier alpha value is -3.68. The van der Waals surface area contributed by atoms with E-state index in [2.05, 4.69) is 0 Å². The third-order valence-corrected chi connectivity index (χ3v) is 11.3. The van der Waals surface area contributed by atoms with Crippen molar-refractivity contribution in [2.24, 2.45) is 17.8 Å². The number of fused-ring (bicyclic) bond motifs is 5. The van der Waals surface area contributed by atoms with Crippen molar-refractivity contribution in [2.75, 3.05) is 11.9 Å². The molecule has 3 aromatic carbocycles. The highest BCUT2D eigenvalue weighted by Crippen LogP contribution is 2.66. The van der Waals surface area contributed by atoms with Gasteiger partial charge in [0.05, 0.1) is 17.5 Å². The number of benzene rings is 3. The van der Waals surface area contributed by atoms with Crippen molar-refractivity contribution in [3.05, 3.63) is 83.4 Å². The molecule has 7 nitrogen and oxygen atoms in total. The highest BCUT2D eigenvalue weighted by Gasteiger charge is 2.76. The first kappa shape index (κ1) is 27.2. The lowest BCUT2D eigenvalue weighted by Gasteiger charge is -2.50. The molecule has 2 saturated heterocycles. The molecule has 0 bridgehead atoms. The number of phenolic OH excluding ortho intramolecular Hbond substituents is 1. The van der Waals surface area contributed by atoms with Crippen molar-refractivity contribution in [1.29, 1.82) is 0 Å². The van der Waals surface area contributed by atoms with Gasteiger partial charge in [0.15, 0.2) is 9.75 Å². The summed E-state index contributed by atoms with van der Waals surface area (Å²) >= 11 is 14.5. The molecule has 214 valence electrons. The summed E-state index contributed by atoms with van der Waals surface area (Å²) in [5.74, 6) is -5.14. The normalized spacial score (nSPS) is 32.2. The summed E-state index contributed by atoms with van der Waals surface area (Å²) in [4.78, 5) is 53.6. The highest BCUT2D eigenvalue weighted by atomic mass is 35.5. The minimum Gasteiger partial charge on any atom is -0.507 e. The predicted octanol–water partition coefficient (Wildman–Crippen LogP) is 5.30. The number of amides is 4. The number of hydrogen-bond acceptors (Lipinski definition) is 5. The van der Waals surface area contributed by atoms with Crippen molar-refractivity contribution in [1.82, 2.24) is 4.90 Å². The van der Waals surface area contributed by atoms with Gasteiger partial charge in [0.25, 0.3) is 11.8 Å². The van der Waals surface area contributed by atoms with E-state index >= 15 is 0 Å². The lowest BCUT2D eigenvalue weighted by Crippen LogP contribution is -2.60. The molecule has 0 spiro atoms. The molecule has 6 unspecified atom stereocenters. The highest BCUT2D eigenvalue weighted by molar-refractivity contribution is 6.53. The molecule has 3 aromatic rings. The van der Waals surface area contributed by atoms with Crippen LogP contribution >= 0.6 is 23.2 Å². The van der Waals surface area contributed by atoms with Gasteiger partial charge >= 0.3 is 0 Å². The number of halogens is 2. The molecule has 2 heterocycles. The molecule has 4 aliphatic rings. The molecule has 4 amide bonds. The second kappa shape index (κ2) is 9.16. The fourth-order valence-electron chi connectivity index (χ4n) is 7.73. The van der Waals surface area contributed by atoms with Gasteiger partial charge in [-0.05, 0) is 48.3 Å². The number of aromatic hydroxyl groups is 1. The van der Waals surface area contributed by atoms with E-state index in [-0.39, 0.29) is 30.4 Å². The minimum absolute atomic E-state index is 0.0675.